The average molecular weight is 279 g/mol. The summed E-state index contributed by atoms with van der Waals surface area (Å²) in [5.74, 6) is 0. The maximum Gasteiger partial charge on any atom is 0.243 e. The molecule has 5 heteroatoms. The monoisotopic (exact) mass is 279 g/mol. The van der Waals surface area contributed by atoms with Gasteiger partial charge in [-0.2, -0.15) is 15.6 Å². The van der Waals surface area contributed by atoms with Crippen molar-refractivity contribution in [3.8, 4) is 0 Å². The summed E-state index contributed by atoms with van der Waals surface area (Å²) in [5.41, 5.74) is 3.33. The summed E-state index contributed by atoms with van der Waals surface area (Å²) in [6.45, 7) is 2.94. The Bertz CT molecular complexity index is 651. The lowest BCUT2D eigenvalue weighted by molar-refractivity contribution is 0.431. The Morgan fingerprint density at radius 1 is 1.06 bits per heavy atom. The number of rotatable bonds is 2. The molecule has 18 heavy (non-hydrogen) atoms. The molecule has 0 saturated carbocycles. The number of aryl methyl sites for hydroxylation is 1. The highest BCUT2D eigenvalue weighted by atomic mass is 32.2. The Kier molecular flexibility index (Phi) is 2.77. The maximum absolute atomic E-state index is 12.4. The van der Waals surface area contributed by atoms with E-state index in [0.717, 1.165) is 16.7 Å². The molecular weight excluding hydrogens is 266 g/mol. The Balaban J connectivity index is 1.93. The second-order valence-corrected chi connectivity index (χ2v) is 7.19. The van der Waals surface area contributed by atoms with E-state index in [-0.39, 0.29) is 0 Å². The Morgan fingerprint density at radius 2 is 1.61 bits per heavy atom. The van der Waals surface area contributed by atoms with Gasteiger partial charge in [0.2, 0.25) is 10.0 Å². The van der Waals surface area contributed by atoms with Crippen LogP contribution in [0.1, 0.15) is 16.7 Å². The van der Waals surface area contributed by atoms with Crippen molar-refractivity contribution in [2.75, 3.05) is 0 Å². The van der Waals surface area contributed by atoms with Crippen molar-refractivity contribution >= 4 is 21.4 Å². The highest BCUT2D eigenvalue weighted by Gasteiger charge is 2.30. The van der Waals surface area contributed by atoms with Crippen molar-refractivity contribution in [2.24, 2.45) is 0 Å². The number of hydrogen-bond acceptors (Lipinski definition) is 3. The Morgan fingerprint density at radius 3 is 2.17 bits per heavy atom. The van der Waals surface area contributed by atoms with Crippen molar-refractivity contribution in [1.82, 2.24) is 4.31 Å². The molecule has 1 aliphatic heterocycles. The summed E-state index contributed by atoms with van der Waals surface area (Å²) in [7, 11) is -3.36. The van der Waals surface area contributed by atoms with Gasteiger partial charge in [0.05, 0.1) is 4.90 Å². The summed E-state index contributed by atoms with van der Waals surface area (Å²) in [6, 6.07) is 7.02. The van der Waals surface area contributed by atoms with Crippen molar-refractivity contribution in [1.29, 1.82) is 0 Å². The van der Waals surface area contributed by atoms with Gasteiger partial charge in [-0.05, 0) is 40.9 Å². The summed E-state index contributed by atoms with van der Waals surface area (Å²) in [6.07, 6.45) is 0. The SMILES string of the molecule is Cc1ccc(S(=O)(=O)N2Cc3cscc3C2)cc1. The number of benzene rings is 1. The van der Waals surface area contributed by atoms with Gasteiger partial charge in [-0.3, -0.25) is 0 Å². The van der Waals surface area contributed by atoms with Crippen LogP contribution in [0.25, 0.3) is 0 Å². The third kappa shape index (κ3) is 1.88. The summed E-state index contributed by atoms with van der Waals surface area (Å²) >= 11 is 1.63. The number of fused-ring (bicyclic) bond motifs is 1. The van der Waals surface area contributed by atoms with Gasteiger partial charge in [-0.15, -0.1) is 0 Å². The van der Waals surface area contributed by atoms with E-state index < -0.39 is 10.0 Å². The molecule has 0 amide bonds. The standard InChI is InChI=1S/C13H13NO2S2/c1-10-2-4-13(5-3-10)18(15,16)14-6-11-8-17-9-12(11)7-14/h2-5,8-9H,6-7H2,1H3. The second-order valence-electron chi connectivity index (χ2n) is 4.51. The van der Waals surface area contributed by atoms with Gasteiger partial charge in [0.25, 0.3) is 0 Å². The third-order valence-electron chi connectivity index (χ3n) is 3.19. The van der Waals surface area contributed by atoms with Gasteiger partial charge in [0.1, 0.15) is 0 Å². The average Bonchev–Trinajstić information content (AvgIpc) is 2.89. The van der Waals surface area contributed by atoms with Crippen molar-refractivity contribution in [2.45, 2.75) is 24.9 Å². The van der Waals surface area contributed by atoms with E-state index in [9.17, 15) is 8.42 Å². The van der Waals surface area contributed by atoms with Crippen LogP contribution in [0.2, 0.25) is 0 Å². The summed E-state index contributed by atoms with van der Waals surface area (Å²) in [5, 5.41) is 4.06. The maximum atomic E-state index is 12.4. The zero-order chi connectivity index (χ0) is 12.8. The zero-order valence-electron chi connectivity index (χ0n) is 9.96. The van der Waals surface area contributed by atoms with Crippen LogP contribution in [0.4, 0.5) is 0 Å². The molecule has 3 nitrogen and oxygen atoms in total. The zero-order valence-corrected chi connectivity index (χ0v) is 11.6. The topological polar surface area (TPSA) is 37.4 Å². The molecule has 1 aliphatic rings. The van der Waals surface area contributed by atoms with E-state index in [1.54, 1.807) is 23.5 Å². The molecule has 0 unspecified atom stereocenters. The van der Waals surface area contributed by atoms with Crippen LogP contribution in [0.3, 0.4) is 0 Å². The van der Waals surface area contributed by atoms with Crippen LogP contribution in [0.5, 0.6) is 0 Å². The first-order valence-electron chi connectivity index (χ1n) is 5.68. The number of hydrogen-bond donors (Lipinski definition) is 0. The second kappa shape index (κ2) is 4.19. The molecule has 3 rings (SSSR count). The summed E-state index contributed by atoms with van der Waals surface area (Å²) < 4.78 is 26.4. The molecule has 0 bridgehead atoms. The molecule has 0 radical (unpaired) electrons. The van der Waals surface area contributed by atoms with Gasteiger partial charge >= 0.3 is 0 Å². The fourth-order valence-electron chi connectivity index (χ4n) is 2.09. The van der Waals surface area contributed by atoms with Crippen LogP contribution < -0.4 is 0 Å². The van der Waals surface area contributed by atoms with E-state index in [1.165, 1.54) is 4.31 Å². The Labute approximate surface area is 111 Å². The van der Waals surface area contributed by atoms with E-state index in [4.69, 9.17) is 0 Å². The van der Waals surface area contributed by atoms with Crippen LogP contribution in [-0.2, 0) is 23.1 Å². The number of thiophene rings is 1. The largest absolute Gasteiger partial charge is 0.243 e. The molecule has 1 aromatic carbocycles. The molecule has 0 saturated heterocycles. The fourth-order valence-corrected chi connectivity index (χ4v) is 4.34. The van der Waals surface area contributed by atoms with Crippen molar-refractivity contribution in [3.63, 3.8) is 0 Å². The van der Waals surface area contributed by atoms with Crippen LogP contribution in [-0.4, -0.2) is 12.7 Å². The molecule has 2 aromatic rings. The van der Waals surface area contributed by atoms with E-state index >= 15 is 0 Å². The minimum Gasteiger partial charge on any atom is -0.207 e. The highest BCUT2D eigenvalue weighted by molar-refractivity contribution is 7.89. The molecule has 0 aliphatic carbocycles. The van der Waals surface area contributed by atoms with E-state index in [0.29, 0.717) is 18.0 Å². The molecule has 0 fully saturated rings. The van der Waals surface area contributed by atoms with Gasteiger partial charge in [0.15, 0.2) is 0 Å². The van der Waals surface area contributed by atoms with E-state index in [2.05, 4.69) is 0 Å². The molecule has 0 atom stereocenters. The molecule has 94 valence electrons. The van der Waals surface area contributed by atoms with Gasteiger partial charge < -0.3 is 0 Å². The normalized spacial score (nSPS) is 15.8. The predicted molar refractivity (Wildman–Crippen MR) is 71.9 cm³/mol. The first-order chi connectivity index (χ1) is 8.57. The molecule has 1 aromatic heterocycles. The summed E-state index contributed by atoms with van der Waals surface area (Å²) in [4.78, 5) is 0.377. The van der Waals surface area contributed by atoms with Gasteiger partial charge in [-0.25, -0.2) is 8.42 Å². The van der Waals surface area contributed by atoms with Crippen LogP contribution in [0, 0.1) is 6.92 Å². The van der Waals surface area contributed by atoms with Gasteiger partial charge in [-0.1, -0.05) is 17.7 Å². The first-order valence-corrected chi connectivity index (χ1v) is 8.06. The first kappa shape index (κ1) is 11.9. The van der Waals surface area contributed by atoms with E-state index in [1.807, 2.05) is 29.8 Å². The number of nitrogens with zero attached hydrogens (tertiary/aromatic N) is 1. The minimum atomic E-state index is -3.36. The molecule has 2 heterocycles. The predicted octanol–water partition coefficient (Wildman–Crippen LogP) is 2.76. The molecule has 0 N–H and O–H groups in total. The lowest BCUT2D eigenvalue weighted by atomic mass is 10.2. The third-order valence-corrected chi connectivity index (χ3v) is 5.83. The van der Waals surface area contributed by atoms with Crippen LogP contribution >= 0.6 is 11.3 Å². The smallest absolute Gasteiger partial charge is 0.207 e. The highest BCUT2D eigenvalue weighted by Crippen LogP contribution is 2.30. The van der Waals surface area contributed by atoms with Crippen molar-refractivity contribution < 1.29 is 8.42 Å². The molecular formula is C13H13NO2S2. The van der Waals surface area contributed by atoms with Gasteiger partial charge in [0, 0.05) is 13.1 Å². The molecule has 0 spiro atoms. The quantitative estimate of drug-likeness (QED) is 0.847. The lowest BCUT2D eigenvalue weighted by Gasteiger charge is -2.15. The van der Waals surface area contributed by atoms with Crippen LogP contribution in [0.15, 0.2) is 39.9 Å². The lowest BCUT2D eigenvalue weighted by Crippen LogP contribution is -2.25. The Hall–Kier alpha value is -1.17. The number of sulfonamides is 1. The van der Waals surface area contributed by atoms with Crippen molar-refractivity contribution in [3.05, 3.63) is 51.7 Å². The fraction of sp³-hybridized carbons (Fsp3) is 0.231. The minimum absolute atomic E-state index is 0.377.